The second kappa shape index (κ2) is 15.6. The van der Waals surface area contributed by atoms with Gasteiger partial charge < -0.3 is 14.6 Å². The van der Waals surface area contributed by atoms with Gasteiger partial charge in [0.05, 0.1) is 6.42 Å². The van der Waals surface area contributed by atoms with Crippen LogP contribution in [0.5, 0.6) is 17.2 Å². The predicted molar refractivity (Wildman–Crippen MR) is 180 cm³/mol. The molecule has 0 radical (unpaired) electrons. The van der Waals surface area contributed by atoms with E-state index < -0.39 is 11.9 Å². The normalized spacial score (nSPS) is 15.7. The standard InChI is InChI=1S/C39H48O5/c1-9-31-23-30(24-36(40)41)17-19-35(31)43-33-22-29(6)38(32(10-2)25-33)44-37(42)21-27(4)14-11-13-26(3)16-18-34-28(5)15-12-20-39(34,7)8/h11,13-14,16-19,21-23,25H,9-10,12,15,20,24H2,1-8H3,(H,40,41)/b14-11+,18-16+,26-13+,27-21+. The van der Waals surface area contributed by atoms with Gasteiger partial charge in [0.1, 0.15) is 17.2 Å². The van der Waals surface area contributed by atoms with Crippen LogP contribution in [-0.2, 0) is 28.9 Å². The number of hydrogen-bond donors (Lipinski definition) is 1. The topological polar surface area (TPSA) is 72.8 Å². The van der Waals surface area contributed by atoms with Crippen molar-refractivity contribution in [3.63, 3.8) is 0 Å². The van der Waals surface area contributed by atoms with Gasteiger partial charge in [0.25, 0.3) is 0 Å². The van der Waals surface area contributed by atoms with Crippen LogP contribution in [0.25, 0.3) is 0 Å². The van der Waals surface area contributed by atoms with Gasteiger partial charge in [-0.1, -0.05) is 81.4 Å². The highest BCUT2D eigenvalue weighted by atomic mass is 16.5. The van der Waals surface area contributed by atoms with Gasteiger partial charge in [-0.05, 0) is 117 Å². The van der Waals surface area contributed by atoms with Crippen LogP contribution in [0.2, 0.25) is 0 Å². The molecule has 0 saturated heterocycles. The fraction of sp³-hybridized carbons (Fsp3) is 0.385. The van der Waals surface area contributed by atoms with Crippen LogP contribution in [0.3, 0.4) is 0 Å². The van der Waals surface area contributed by atoms with Gasteiger partial charge in [-0.15, -0.1) is 0 Å². The highest BCUT2D eigenvalue weighted by molar-refractivity contribution is 5.85. The van der Waals surface area contributed by atoms with E-state index in [4.69, 9.17) is 14.6 Å². The van der Waals surface area contributed by atoms with Gasteiger partial charge in [0.2, 0.25) is 0 Å². The fourth-order valence-corrected chi connectivity index (χ4v) is 5.70. The minimum Gasteiger partial charge on any atom is -0.481 e. The number of ether oxygens (including phenoxy) is 2. The van der Waals surface area contributed by atoms with Crippen molar-refractivity contribution in [1.29, 1.82) is 0 Å². The number of aryl methyl sites for hydroxylation is 3. The number of carboxylic acids is 1. The number of carboxylic acid groups (broad SMARTS) is 1. The zero-order valence-electron chi connectivity index (χ0n) is 27.7. The molecule has 0 fully saturated rings. The van der Waals surface area contributed by atoms with E-state index in [0.29, 0.717) is 30.1 Å². The quantitative estimate of drug-likeness (QED) is 0.114. The van der Waals surface area contributed by atoms with E-state index in [1.807, 2.05) is 70.2 Å². The molecule has 234 valence electrons. The van der Waals surface area contributed by atoms with E-state index in [1.54, 1.807) is 6.07 Å². The fourth-order valence-electron chi connectivity index (χ4n) is 5.70. The molecular formula is C39H48O5. The Morgan fingerprint density at radius 1 is 0.977 bits per heavy atom. The van der Waals surface area contributed by atoms with Crippen molar-refractivity contribution in [2.45, 2.75) is 93.9 Å². The van der Waals surface area contributed by atoms with Crippen molar-refractivity contribution >= 4 is 11.9 Å². The second-order valence-electron chi connectivity index (χ2n) is 12.4. The average molecular weight is 597 g/mol. The van der Waals surface area contributed by atoms with Gasteiger partial charge in [-0.3, -0.25) is 4.79 Å². The molecular weight excluding hydrogens is 548 g/mol. The highest BCUT2D eigenvalue weighted by Gasteiger charge is 2.26. The number of carbonyl (C=O) groups excluding carboxylic acids is 1. The SMILES string of the molecule is CCc1cc(CC(=O)O)ccc1Oc1cc(C)c(OC(=O)/C=C(C)/C=C/C=C(C)/C=C/C2=C(C)CCCC2(C)C)c(CC)c1. The van der Waals surface area contributed by atoms with Crippen molar-refractivity contribution < 1.29 is 24.2 Å². The number of hydrogen-bond acceptors (Lipinski definition) is 4. The largest absolute Gasteiger partial charge is 0.481 e. The van der Waals surface area contributed by atoms with E-state index in [2.05, 4.69) is 39.8 Å². The van der Waals surface area contributed by atoms with Crippen LogP contribution in [0.1, 0.15) is 90.0 Å². The lowest BCUT2D eigenvalue weighted by Crippen LogP contribution is -2.19. The van der Waals surface area contributed by atoms with Crippen LogP contribution in [0.15, 0.2) is 89.1 Å². The maximum Gasteiger partial charge on any atom is 0.336 e. The molecule has 0 atom stereocenters. The zero-order chi connectivity index (χ0) is 32.4. The van der Waals surface area contributed by atoms with Crippen molar-refractivity contribution in [1.82, 2.24) is 0 Å². The van der Waals surface area contributed by atoms with Gasteiger partial charge in [-0.2, -0.15) is 0 Å². The Labute approximate surface area is 263 Å². The average Bonchev–Trinajstić information content (AvgIpc) is 2.94. The number of allylic oxidation sites excluding steroid dienone is 9. The van der Waals surface area contributed by atoms with Crippen LogP contribution in [0, 0.1) is 12.3 Å². The van der Waals surface area contributed by atoms with E-state index in [1.165, 1.54) is 36.5 Å². The predicted octanol–water partition coefficient (Wildman–Crippen LogP) is 9.98. The lowest BCUT2D eigenvalue weighted by Gasteiger charge is -2.32. The number of benzene rings is 2. The molecule has 1 aliphatic rings. The van der Waals surface area contributed by atoms with Gasteiger partial charge in [-0.25, -0.2) is 4.79 Å². The van der Waals surface area contributed by atoms with E-state index in [0.717, 1.165) is 33.4 Å². The second-order valence-corrected chi connectivity index (χ2v) is 12.4. The molecule has 0 bridgehead atoms. The number of esters is 1. The van der Waals surface area contributed by atoms with Crippen LogP contribution < -0.4 is 9.47 Å². The van der Waals surface area contributed by atoms with Crippen LogP contribution in [0.4, 0.5) is 0 Å². The van der Waals surface area contributed by atoms with E-state index in [9.17, 15) is 9.59 Å². The first-order valence-electron chi connectivity index (χ1n) is 15.6. The third-order valence-corrected chi connectivity index (χ3v) is 8.12. The Morgan fingerprint density at radius 2 is 1.70 bits per heavy atom. The lowest BCUT2D eigenvalue weighted by molar-refractivity contribution is -0.136. The molecule has 44 heavy (non-hydrogen) atoms. The third-order valence-electron chi connectivity index (χ3n) is 8.12. The molecule has 0 aromatic heterocycles. The summed E-state index contributed by atoms with van der Waals surface area (Å²) in [4.78, 5) is 23.9. The Morgan fingerprint density at radius 3 is 2.36 bits per heavy atom. The summed E-state index contributed by atoms with van der Waals surface area (Å²) in [6, 6.07) is 9.22. The molecule has 1 N–H and O–H groups in total. The summed E-state index contributed by atoms with van der Waals surface area (Å²) >= 11 is 0. The molecule has 3 rings (SSSR count). The molecule has 1 aliphatic carbocycles. The summed E-state index contributed by atoms with van der Waals surface area (Å²) in [6.45, 7) is 16.8. The summed E-state index contributed by atoms with van der Waals surface area (Å²) < 4.78 is 12.0. The van der Waals surface area contributed by atoms with Crippen molar-refractivity contribution in [3.8, 4) is 17.2 Å². The molecule has 0 saturated carbocycles. The summed E-state index contributed by atoms with van der Waals surface area (Å²) in [6.07, 6.45) is 16.8. The molecule has 2 aromatic carbocycles. The molecule has 5 heteroatoms. The molecule has 0 spiro atoms. The Kier molecular flexibility index (Phi) is 12.2. The molecule has 0 aliphatic heterocycles. The maximum atomic E-state index is 12.8. The first kappa shape index (κ1) is 34.4. The molecule has 0 heterocycles. The summed E-state index contributed by atoms with van der Waals surface area (Å²) in [7, 11) is 0. The van der Waals surface area contributed by atoms with Crippen LogP contribution >= 0.6 is 0 Å². The van der Waals surface area contributed by atoms with Crippen molar-refractivity contribution in [3.05, 3.63) is 111 Å². The summed E-state index contributed by atoms with van der Waals surface area (Å²) in [5.74, 6) is 0.578. The van der Waals surface area contributed by atoms with Gasteiger partial charge in [0, 0.05) is 6.08 Å². The highest BCUT2D eigenvalue weighted by Crippen LogP contribution is 2.41. The van der Waals surface area contributed by atoms with Gasteiger partial charge >= 0.3 is 11.9 Å². The van der Waals surface area contributed by atoms with Gasteiger partial charge in [0.15, 0.2) is 0 Å². The number of rotatable bonds is 12. The molecule has 0 unspecified atom stereocenters. The van der Waals surface area contributed by atoms with Crippen LogP contribution in [-0.4, -0.2) is 17.0 Å². The Balaban J connectivity index is 1.69. The lowest BCUT2D eigenvalue weighted by atomic mass is 9.72. The number of aliphatic carboxylic acids is 1. The first-order chi connectivity index (χ1) is 20.8. The van der Waals surface area contributed by atoms with Crippen molar-refractivity contribution in [2.24, 2.45) is 5.41 Å². The molecule has 5 nitrogen and oxygen atoms in total. The van der Waals surface area contributed by atoms with E-state index >= 15 is 0 Å². The van der Waals surface area contributed by atoms with Crippen molar-refractivity contribution in [2.75, 3.05) is 0 Å². The summed E-state index contributed by atoms with van der Waals surface area (Å²) in [5, 5.41) is 9.11. The Bertz CT molecular complexity index is 1530. The third kappa shape index (κ3) is 9.70. The minimum absolute atomic E-state index is 0.0270. The molecule has 0 amide bonds. The summed E-state index contributed by atoms with van der Waals surface area (Å²) in [5.41, 5.74) is 8.42. The Hall–Kier alpha value is -4.12. The smallest absolute Gasteiger partial charge is 0.336 e. The monoisotopic (exact) mass is 596 g/mol. The number of carbonyl (C=O) groups is 2. The first-order valence-corrected chi connectivity index (χ1v) is 15.6. The molecule has 2 aromatic rings. The maximum absolute atomic E-state index is 12.8. The zero-order valence-corrected chi connectivity index (χ0v) is 27.7. The minimum atomic E-state index is -0.864. The van der Waals surface area contributed by atoms with E-state index in [-0.39, 0.29) is 11.8 Å².